The summed E-state index contributed by atoms with van der Waals surface area (Å²) in [5.41, 5.74) is 6.10. The molecule has 3 aromatic carbocycles. The van der Waals surface area contributed by atoms with E-state index in [1.165, 1.54) is 24.8 Å². The first kappa shape index (κ1) is 46.6. The van der Waals surface area contributed by atoms with Gasteiger partial charge in [0.25, 0.3) is 0 Å². The Morgan fingerprint density at radius 1 is 0.889 bits per heavy atom. The molecule has 1 saturated heterocycles. The van der Waals surface area contributed by atoms with Crippen molar-refractivity contribution in [2.24, 2.45) is 0 Å². The molecule has 63 heavy (non-hydrogen) atoms. The van der Waals surface area contributed by atoms with Gasteiger partial charge in [0.2, 0.25) is 11.8 Å². The van der Waals surface area contributed by atoms with Gasteiger partial charge in [-0.3, -0.25) is 9.20 Å². The molecule has 0 bridgehead atoms. The number of rotatable bonds is 18. The second-order valence-corrected chi connectivity index (χ2v) is 17.6. The van der Waals surface area contributed by atoms with Crippen molar-refractivity contribution >= 4 is 30.8 Å². The van der Waals surface area contributed by atoms with E-state index in [9.17, 15) is 19.8 Å². The summed E-state index contributed by atoms with van der Waals surface area (Å²) in [6.45, 7) is 21.8. The number of benzene rings is 3. The molecule has 0 saturated carbocycles. The van der Waals surface area contributed by atoms with Gasteiger partial charge in [-0.05, 0) is 71.1 Å². The molecule has 2 N–H and O–H groups in total. The number of imidazole rings is 1. The number of piperidine rings is 1. The summed E-state index contributed by atoms with van der Waals surface area (Å²) < 4.78 is 8.45. The fourth-order valence-corrected chi connectivity index (χ4v) is 8.68. The van der Waals surface area contributed by atoms with E-state index < -0.39 is 11.5 Å². The zero-order valence-electron chi connectivity index (χ0n) is 38.3. The van der Waals surface area contributed by atoms with Gasteiger partial charge < -0.3 is 29.6 Å². The molecule has 3 heterocycles. The lowest BCUT2D eigenvalue weighted by Gasteiger charge is -2.30. The number of phenols is 2. The van der Waals surface area contributed by atoms with Crippen molar-refractivity contribution in [1.29, 1.82) is 0 Å². The fourth-order valence-electron chi connectivity index (χ4n) is 8.68. The number of phenolic OH excluding ortho intramolecular Hbond substituents is 2. The average Bonchev–Trinajstić information content (AvgIpc) is 3.63. The first-order valence-electron chi connectivity index (χ1n) is 22.5. The van der Waals surface area contributed by atoms with Gasteiger partial charge in [0, 0.05) is 84.7 Å². The van der Waals surface area contributed by atoms with Crippen molar-refractivity contribution in [3.05, 3.63) is 117 Å². The molecule has 2 aromatic heterocycles. The lowest BCUT2D eigenvalue weighted by atomic mass is 9.78. The number of fused-ring (bicyclic) bond motifs is 1. The fraction of sp³-hybridized carbons (Fsp3) is 0.423. The summed E-state index contributed by atoms with van der Waals surface area (Å²) in [6, 6.07) is 20.2. The Morgan fingerprint density at radius 2 is 1.56 bits per heavy atom. The number of carbonyl (C=O) groups excluding carboxylic acids is 2. The highest BCUT2D eigenvalue weighted by Gasteiger charge is 2.32. The number of carbonyl (C=O) groups is 2. The van der Waals surface area contributed by atoms with Gasteiger partial charge in [-0.1, -0.05) is 113 Å². The third-order valence-corrected chi connectivity index (χ3v) is 12.6. The second kappa shape index (κ2) is 21.0. The van der Waals surface area contributed by atoms with E-state index in [0.717, 1.165) is 55.0 Å². The zero-order chi connectivity index (χ0) is 45.3. The van der Waals surface area contributed by atoms with E-state index in [1.54, 1.807) is 23.8 Å². The van der Waals surface area contributed by atoms with Gasteiger partial charge in [-0.25, -0.2) is 14.8 Å². The van der Waals surface area contributed by atoms with E-state index in [1.807, 2.05) is 79.9 Å². The number of hydrogen-bond donors (Lipinski definition) is 2. The van der Waals surface area contributed by atoms with E-state index in [2.05, 4.69) is 43.2 Å². The van der Waals surface area contributed by atoms with E-state index in [-0.39, 0.29) is 23.8 Å². The standard InChI is InChI=1S/C52H66N6O5/c1-9-39(10-2)32-43-50(58-35-44(41-24-16-12-17-25-41)53-42(49(58)54-43)33-40-22-14-11-15-23-40)63-51(62)57(31-21-29-56-27-18-13-19-28-56)30-20-26-55(8)45(59)34-52(6,7)46-38(5)47(60)36(3)37(4)48(46)61/h9,11-12,14-17,22-25,35,60-61H,4-5,10,13,18-21,26-34H2,1-3,6-8H3. The van der Waals surface area contributed by atoms with E-state index in [0.29, 0.717) is 77.7 Å². The Kier molecular flexibility index (Phi) is 15.5. The summed E-state index contributed by atoms with van der Waals surface area (Å²) in [5, 5.41) is 22.4. The predicted octanol–water partition coefficient (Wildman–Crippen LogP) is 8.32. The van der Waals surface area contributed by atoms with Crippen LogP contribution in [0.25, 0.3) is 30.1 Å². The number of nitrogens with zero attached hydrogens (tertiary/aromatic N) is 6. The Labute approximate surface area is 373 Å². The van der Waals surface area contributed by atoms with Gasteiger partial charge in [0.05, 0.1) is 11.4 Å². The van der Waals surface area contributed by atoms with Crippen LogP contribution in [-0.2, 0) is 23.1 Å². The maximum Gasteiger partial charge on any atom is 0.416 e. The van der Waals surface area contributed by atoms with Crippen molar-refractivity contribution in [3.63, 3.8) is 0 Å². The molecule has 0 spiro atoms. The Bertz CT molecular complexity index is 2510. The molecule has 1 fully saturated rings. The minimum atomic E-state index is -0.846. The maximum absolute atomic E-state index is 14.6. The molecule has 334 valence electrons. The quantitative estimate of drug-likeness (QED) is 0.0667. The van der Waals surface area contributed by atoms with Crippen molar-refractivity contribution in [2.45, 2.75) is 97.8 Å². The van der Waals surface area contributed by atoms with Crippen LogP contribution in [0, 0.1) is 6.92 Å². The van der Waals surface area contributed by atoms with Crippen molar-refractivity contribution in [3.8, 4) is 28.6 Å². The molecule has 0 unspecified atom stereocenters. The molecular weight excluding hydrogens is 789 g/mol. The molecular formula is C52H66N6O5. The van der Waals surface area contributed by atoms with Crippen molar-refractivity contribution < 1.29 is 24.5 Å². The average molecular weight is 855 g/mol. The lowest BCUT2D eigenvalue weighted by molar-refractivity contribution is -0.131. The largest absolute Gasteiger partial charge is 0.507 e. The number of hydrogen-bond acceptors (Lipinski definition) is 8. The number of likely N-dealkylation sites (tertiary alicyclic amines) is 1. The van der Waals surface area contributed by atoms with Crippen LogP contribution in [-0.4, -0.2) is 97.6 Å². The summed E-state index contributed by atoms with van der Waals surface area (Å²) in [4.78, 5) is 44.6. The predicted molar refractivity (Wildman–Crippen MR) is 253 cm³/mol. The molecule has 11 nitrogen and oxygen atoms in total. The summed E-state index contributed by atoms with van der Waals surface area (Å²) in [5.74, 6) is 0.163. The molecule has 2 amide bonds. The summed E-state index contributed by atoms with van der Waals surface area (Å²) in [6.07, 6.45) is 10.5. The number of allylic oxidation sites excluding steroid dienone is 2. The van der Waals surface area contributed by atoms with Gasteiger partial charge in [0.1, 0.15) is 17.2 Å². The molecule has 0 aliphatic carbocycles. The van der Waals surface area contributed by atoms with Crippen LogP contribution in [0.4, 0.5) is 4.79 Å². The normalized spacial score (nSPS) is 13.7. The van der Waals surface area contributed by atoms with Crippen molar-refractivity contribution in [1.82, 2.24) is 29.1 Å². The minimum Gasteiger partial charge on any atom is -0.507 e. The number of aromatic hydroxyl groups is 2. The van der Waals surface area contributed by atoms with Gasteiger partial charge in [0.15, 0.2) is 5.65 Å². The van der Waals surface area contributed by atoms with Crippen LogP contribution >= 0.6 is 0 Å². The SMILES string of the molecule is C=c1c(C)c(O)c(=C)c(C(C)(C)CC(=O)N(C)CCCN(CCCN2CCCCC2)C(=O)Oc2c(CC(=CC)CC)nc3c(Cc4ccccc4)nc(-c4ccccc4)cn23)c1O. The zero-order valence-corrected chi connectivity index (χ0v) is 38.3. The highest BCUT2D eigenvalue weighted by Crippen LogP contribution is 2.33. The van der Waals surface area contributed by atoms with Crippen LogP contribution in [0.5, 0.6) is 17.4 Å². The number of ether oxygens (including phenoxy) is 1. The Hall–Kier alpha value is -5.94. The van der Waals surface area contributed by atoms with Gasteiger partial charge in [-0.2, -0.15) is 0 Å². The van der Waals surface area contributed by atoms with Gasteiger partial charge in [-0.15, -0.1) is 0 Å². The maximum atomic E-state index is 14.6. The molecule has 5 aromatic rings. The molecule has 11 heteroatoms. The highest BCUT2D eigenvalue weighted by molar-refractivity contribution is 5.78. The van der Waals surface area contributed by atoms with E-state index >= 15 is 0 Å². The third-order valence-electron chi connectivity index (χ3n) is 12.6. The first-order chi connectivity index (χ1) is 30.2. The van der Waals surface area contributed by atoms with Crippen LogP contribution in [0.3, 0.4) is 0 Å². The van der Waals surface area contributed by atoms with E-state index in [4.69, 9.17) is 14.7 Å². The second-order valence-electron chi connectivity index (χ2n) is 17.6. The highest BCUT2D eigenvalue weighted by atomic mass is 16.6. The van der Waals surface area contributed by atoms with Crippen LogP contribution in [0.1, 0.15) is 101 Å². The van der Waals surface area contributed by atoms with Crippen LogP contribution in [0.15, 0.2) is 78.5 Å². The molecule has 1 aliphatic rings. The van der Waals surface area contributed by atoms with Crippen molar-refractivity contribution in [2.75, 3.05) is 46.3 Å². The summed E-state index contributed by atoms with van der Waals surface area (Å²) >= 11 is 0. The smallest absolute Gasteiger partial charge is 0.416 e. The van der Waals surface area contributed by atoms with Crippen LogP contribution < -0.4 is 15.2 Å². The van der Waals surface area contributed by atoms with Crippen LogP contribution in [0.2, 0.25) is 0 Å². The molecule has 0 radical (unpaired) electrons. The molecule has 0 atom stereocenters. The molecule has 6 rings (SSSR count). The van der Waals surface area contributed by atoms with Gasteiger partial charge >= 0.3 is 6.09 Å². The Balaban J connectivity index is 1.27. The number of aromatic nitrogens is 3. The monoisotopic (exact) mass is 855 g/mol. The topological polar surface area (TPSA) is 124 Å². The Morgan fingerprint density at radius 3 is 2.22 bits per heavy atom. The lowest BCUT2D eigenvalue weighted by Crippen LogP contribution is -2.40. The first-order valence-corrected chi connectivity index (χ1v) is 22.5. The number of amides is 2. The summed E-state index contributed by atoms with van der Waals surface area (Å²) in [7, 11) is 1.75. The minimum absolute atomic E-state index is 0.0291. The molecule has 1 aliphatic heterocycles. The third kappa shape index (κ3) is 11.2.